The van der Waals surface area contributed by atoms with Gasteiger partial charge in [0.25, 0.3) is 0 Å². The van der Waals surface area contributed by atoms with Gasteiger partial charge in [-0.2, -0.15) is 0 Å². The Balaban J connectivity index is 2.82. The molecule has 1 unspecified atom stereocenters. The van der Waals surface area contributed by atoms with Gasteiger partial charge in [0.1, 0.15) is 12.7 Å². The van der Waals surface area contributed by atoms with Crippen LogP contribution in [0.5, 0.6) is 0 Å². The van der Waals surface area contributed by atoms with E-state index in [9.17, 15) is 9.18 Å². The first-order valence-electron chi connectivity index (χ1n) is 4.36. The van der Waals surface area contributed by atoms with Crippen molar-refractivity contribution in [3.05, 3.63) is 34.3 Å². The predicted octanol–water partition coefficient (Wildman–Crippen LogP) is 1.76. The summed E-state index contributed by atoms with van der Waals surface area (Å²) in [5.41, 5.74) is 6.44. The van der Waals surface area contributed by atoms with Gasteiger partial charge in [-0.3, -0.25) is 4.79 Å². The molecule has 0 aliphatic heterocycles. The molecule has 0 spiro atoms. The van der Waals surface area contributed by atoms with Gasteiger partial charge in [0.15, 0.2) is 0 Å². The van der Waals surface area contributed by atoms with Crippen molar-refractivity contribution in [2.75, 3.05) is 0 Å². The SMILES string of the molecule is NC(Cc1ccc(CF)cc1Cl)C(=O)O. The molecule has 82 valence electrons. The Bertz CT molecular complexity index is 370. The van der Waals surface area contributed by atoms with E-state index in [0.717, 1.165) is 0 Å². The number of aliphatic carboxylic acids is 1. The fourth-order valence-electron chi connectivity index (χ4n) is 1.16. The molecule has 0 aromatic heterocycles. The molecule has 3 N–H and O–H groups in total. The molecule has 1 aromatic carbocycles. The van der Waals surface area contributed by atoms with Crippen LogP contribution in [0.1, 0.15) is 11.1 Å². The Kier molecular flexibility index (Phi) is 4.05. The summed E-state index contributed by atoms with van der Waals surface area (Å²) in [5, 5.41) is 8.96. The van der Waals surface area contributed by atoms with Crippen LogP contribution in [0.15, 0.2) is 18.2 Å². The Hall–Kier alpha value is -1.13. The van der Waals surface area contributed by atoms with Crippen molar-refractivity contribution in [1.82, 2.24) is 0 Å². The smallest absolute Gasteiger partial charge is 0.320 e. The molecule has 0 fully saturated rings. The second-order valence-corrected chi connectivity index (χ2v) is 3.62. The second kappa shape index (κ2) is 5.09. The van der Waals surface area contributed by atoms with E-state index in [4.69, 9.17) is 22.4 Å². The van der Waals surface area contributed by atoms with Crippen molar-refractivity contribution in [1.29, 1.82) is 0 Å². The van der Waals surface area contributed by atoms with Crippen molar-refractivity contribution in [2.24, 2.45) is 5.73 Å². The van der Waals surface area contributed by atoms with Gasteiger partial charge in [0, 0.05) is 5.02 Å². The van der Waals surface area contributed by atoms with E-state index >= 15 is 0 Å². The van der Waals surface area contributed by atoms with Crippen LogP contribution in [0.4, 0.5) is 4.39 Å². The molecule has 5 heteroatoms. The molecule has 0 radical (unpaired) electrons. The van der Waals surface area contributed by atoms with E-state index in [1.54, 1.807) is 12.1 Å². The third kappa shape index (κ3) is 3.18. The summed E-state index contributed by atoms with van der Waals surface area (Å²) in [5.74, 6) is -1.08. The van der Waals surface area contributed by atoms with Crippen LogP contribution < -0.4 is 5.73 Å². The van der Waals surface area contributed by atoms with Crippen molar-refractivity contribution in [3.63, 3.8) is 0 Å². The molecular weight excluding hydrogens is 221 g/mol. The molecule has 15 heavy (non-hydrogen) atoms. The fraction of sp³-hybridized carbons (Fsp3) is 0.300. The van der Waals surface area contributed by atoms with Gasteiger partial charge in [-0.1, -0.05) is 23.7 Å². The summed E-state index contributed by atoms with van der Waals surface area (Å²) in [6, 6.07) is 3.65. The molecule has 1 atom stereocenters. The zero-order chi connectivity index (χ0) is 11.4. The highest BCUT2D eigenvalue weighted by Gasteiger charge is 2.14. The van der Waals surface area contributed by atoms with Gasteiger partial charge in [0.05, 0.1) is 0 Å². The molecule has 0 saturated heterocycles. The van der Waals surface area contributed by atoms with E-state index in [0.29, 0.717) is 16.1 Å². The summed E-state index contributed by atoms with van der Waals surface area (Å²) in [7, 11) is 0. The number of alkyl halides is 1. The lowest BCUT2D eigenvalue weighted by molar-refractivity contribution is -0.138. The maximum absolute atomic E-state index is 12.3. The number of carboxylic acid groups (broad SMARTS) is 1. The van der Waals surface area contributed by atoms with Gasteiger partial charge in [0.2, 0.25) is 0 Å². The molecule has 1 aromatic rings. The highest BCUT2D eigenvalue weighted by molar-refractivity contribution is 6.31. The summed E-state index contributed by atoms with van der Waals surface area (Å²) in [6.07, 6.45) is 0.140. The monoisotopic (exact) mass is 231 g/mol. The number of carbonyl (C=O) groups is 1. The molecule has 0 bridgehead atoms. The number of hydrogen-bond acceptors (Lipinski definition) is 2. The maximum atomic E-state index is 12.3. The third-order valence-corrected chi connectivity index (χ3v) is 2.38. The van der Waals surface area contributed by atoms with Crippen molar-refractivity contribution < 1.29 is 14.3 Å². The molecule has 0 aliphatic rings. The normalized spacial score (nSPS) is 12.5. The minimum atomic E-state index is -1.08. The largest absolute Gasteiger partial charge is 0.480 e. The Morgan fingerprint density at radius 3 is 2.73 bits per heavy atom. The van der Waals surface area contributed by atoms with Gasteiger partial charge in [-0.15, -0.1) is 0 Å². The van der Waals surface area contributed by atoms with Gasteiger partial charge >= 0.3 is 5.97 Å². The molecule has 3 nitrogen and oxygen atoms in total. The lowest BCUT2D eigenvalue weighted by Crippen LogP contribution is -2.32. The summed E-state index contributed by atoms with van der Waals surface area (Å²) < 4.78 is 12.3. The number of nitrogens with two attached hydrogens (primary N) is 1. The Morgan fingerprint density at radius 2 is 2.27 bits per heavy atom. The van der Waals surface area contributed by atoms with Gasteiger partial charge in [-0.05, 0) is 23.6 Å². The van der Waals surface area contributed by atoms with Crippen molar-refractivity contribution in [3.8, 4) is 0 Å². The quantitative estimate of drug-likeness (QED) is 0.830. The average Bonchev–Trinajstić information content (AvgIpc) is 2.20. The second-order valence-electron chi connectivity index (χ2n) is 3.21. The molecular formula is C10H11ClFNO2. The van der Waals surface area contributed by atoms with Crippen LogP contribution in [0.25, 0.3) is 0 Å². The highest BCUT2D eigenvalue weighted by Crippen LogP contribution is 2.19. The highest BCUT2D eigenvalue weighted by atomic mass is 35.5. The molecule has 0 aliphatic carbocycles. The van der Waals surface area contributed by atoms with E-state index in [2.05, 4.69) is 0 Å². The van der Waals surface area contributed by atoms with Crippen LogP contribution in [0, 0.1) is 0 Å². The van der Waals surface area contributed by atoms with Crippen LogP contribution >= 0.6 is 11.6 Å². The van der Waals surface area contributed by atoms with E-state index < -0.39 is 18.7 Å². The molecule has 1 rings (SSSR count). The Morgan fingerprint density at radius 1 is 1.60 bits per heavy atom. The van der Waals surface area contributed by atoms with E-state index in [1.807, 2.05) is 0 Å². The van der Waals surface area contributed by atoms with Crippen LogP contribution in [-0.2, 0) is 17.9 Å². The minimum Gasteiger partial charge on any atom is -0.480 e. The summed E-state index contributed by atoms with van der Waals surface area (Å²) in [4.78, 5) is 10.5. The standard InChI is InChI=1S/C10H11ClFNO2/c11-8-3-6(5-12)1-2-7(8)4-9(13)10(14)15/h1-3,9H,4-5,13H2,(H,14,15). The van der Waals surface area contributed by atoms with Gasteiger partial charge in [-0.25, -0.2) is 4.39 Å². The number of carboxylic acids is 1. The number of halogens is 2. The minimum absolute atomic E-state index is 0.140. The summed E-state index contributed by atoms with van der Waals surface area (Å²) in [6.45, 7) is -0.592. The predicted molar refractivity (Wildman–Crippen MR) is 55.6 cm³/mol. The van der Waals surface area contributed by atoms with Crippen LogP contribution in [0.2, 0.25) is 5.02 Å². The Labute approximate surface area is 91.7 Å². The maximum Gasteiger partial charge on any atom is 0.320 e. The lowest BCUT2D eigenvalue weighted by Gasteiger charge is -2.08. The van der Waals surface area contributed by atoms with Crippen molar-refractivity contribution >= 4 is 17.6 Å². The first-order chi connectivity index (χ1) is 7.04. The first-order valence-corrected chi connectivity index (χ1v) is 4.74. The number of rotatable bonds is 4. The number of benzene rings is 1. The first kappa shape index (κ1) is 11.9. The van der Waals surface area contributed by atoms with Gasteiger partial charge < -0.3 is 10.8 Å². The zero-order valence-electron chi connectivity index (χ0n) is 7.91. The molecule has 0 saturated carbocycles. The lowest BCUT2D eigenvalue weighted by atomic mass is 10.0. The van der Waals surface area contributed by atoms with Crippen LogP contribution in [0.3, 0.4) is 0 Å². The molecule has 0 heterocycles. The van der Waals surface area contributed by atoms with Crippen molar-refractivity contribution in [2.45, 2.75) is 19.1 Å². The van der Waals surface area contributed by atoms with Crippen LogP contribution in [-0.4, -0.2) is 17.1 Å². The number of hydrogen-bond donors (Lipinski definition) is 2. The topological polar surface area (TPSA) is 63.3 Å². The van der Waals surface area contributed by atoms with E-state index in [-0.39, 0.29) is 6.42 Å². The molecule has 0 amide bonds. The average molecular weight is 232 g/mol. The zero-order valence-corrected chi connectivity index (χ0v) is 8.67. The summed E-state index contributed by atoms with van der Waals surface area (Å²) >= 11 is 5.84. The third-order valence-electron chi connectivity index (χ3n) is 2.03. The fourth-order valence-corrected chi connectivity index (χ4v) is 1.44. The van der Waals surface area contributed by atoms with E-state index in [1.165, 1.54) is 6.07 Å².